The van der Waals surface area contributed by atoms with E-state index in [4.69, 9.17) is 53.0 Å². The summed E-state index contributed by atoms with van der Waals surface area (Å²) in [6, 6.07) is 13.2. The van der Waals surface area contributed by atoms with Crippen LogP contribution in [0.5, 0.6) is 5.75 Å². The van der Waals surface area contributed by atoms with Gasteiger partial charge in [0.2, 0.25) is 11.8 Å². The lowest BCUT2D eigenvalue weighted by atomic mass is 9.90. The number of benzene rings is 3. The molecule has 0 saturated carbocycles. The van der Waals surface area contributed by atoms with Gasteiger partial charge in [-0.15, -0.1) is 0 Å². The van der Waals surface area contributed by atoms with E-state index in [9.17, 15) is 52.9 Å². The maximum atomic E-state index is 13.0. The molecule has 2 amide bonds. The third kappa shape index (κ3) is 28.0. The molecule has 85 heavy (non-hydrogen) atoms. The fourth-order valence-corrected chi connectivity index (χ4v) is 11.7. The van der Waals surface area contributed by atoms with E-state index in [-0.39, 0.29) is 105 Å². The summed E-state index contributed by atoms with van der Waals surface area (Å²) in [7, 11) is -9.09. The molecular weight excluding hydrogens is 1180 g/mol. The van der Waals surface area contributed by atoms with Crippen LogP contribution in [0.15, 0.2) is 63.8 Å². The van der Waals surface area contributed by atoms with Gasteiger partial charge in [-0.1, -0.05) is 103 Å². The Balaban J connectivity index is 1.24. The average Bonchev–Trinajstić information content (AvgIpc) is 2.22. The lowest BCUT2D eigenvalue weighted by Crippen LogP contribution is -2.41. The summed E-state index contributed by atoms with van der Waals surface area (Å²) >= 11 is 5.52. The van der Waals surface area contributed by atoms with Gasteiger partial charge in [0.15, 0.2) is 10.5 Å². The highest BCUT2D eigenvalue weighted by atomic mass is 32.1. The molecule has 0 radical (unpaired) electrons. The predicted molar refractivity (Wildman–Crippen MR) is 330 cm³/mol. The van der Waals surface area contributed by atoms with Crippen LogP contribution >= 0.6 is 35.7 Å². The first-order chi connectivity index (χ1) is 40.7. The maximum Gasteiger partial charge on any atom is 0.474 e. The van der Waals surface area contributed by atoms with Crippen molar-refractivity contribution < 1.29 is 88.9 Å². The molecule has 0 fully saturated rings. The van der Waals surface area contributed by atoms with Gasteiger partial charge in [0.05, 0.1) is 65.0 Å². The number of nitrogens with one attached hydrogen (secondary N) is 3. The molecule has 1 aliphatic heterocycles. The second kappa shape index (κ2) is 39.3. The zero-order chi connectivity index (χ0) is 62.1. The van der Waals surface area contributed by atoms with Gasteiger partial charge in [-0.05, 0) is 79.8 Å². The van der Waals surface area contributed by atoms with E-state index < -0.39 is 61.1 Å². The number of phosphoric ester groups is 3. The molecule has 24 nitrogen and oxygen atoms in total. The number of phosphoric acid groups is 3. The molecule has 1 aliphatic carbocycles. The van der Waals surface area contributed by atoms with Crippen LogP contribution < -0.4 is 21.4 Å². The number of hydrogen-bond acceptors (Lipinski definition) is 18. The second-order valence-electron chi connectivity index (χ2n) is 20.2. The number of nitrogens with zero attached hydrogens (tertiary/aromatic N) is 1. The Bertz CT molecular complexity index is 2890. The topological polar surface area (TPSA) is 327 Å². The van der Waals surface area contributed by atoms with Gasteiger partial charge < -0.3 is 50.0 Å². The molecule has 2 aromatic rings. The van der Waals surface area contributed by atoms with Gasteiger partial charge in [-0.2, -0.15) is 0 Å². The minimum Gasteiger partial charge on any atom is -0.508 e. The third-order valence-electron chi connectivity index (χ3n) is 13.5. The number of carbonyl (C=O) groups is 3. The SMILES string of the molecule is BCC(=O)N(CCOP(=O)(O)OCC(CCCCNC(=S)Nc1ccc(-c2c3ccc(=O)cc-3oc3cc(O)ccc23)c(C(=O)O)c1)COP(=O)(O)OCCOCCOP(=O)(OC)OCCCCCCCCCCCCCCCC)CC(=O)NC. The zero-order valence-corrected chi connectivity index (χ0v) is 52.8. The van der Waals surface area contributed by atoms with Crippen LogP contribution in [0.3, 0.4) is 0 Å². The smallest absolute Gasteiger partial charge is 0.474 e. The fraction of sp³-hybridized carbons (Fsp3) is 0.589. The standard InChI is InChI=1S/C56H86BN4O20P3S/c1-4-5-6-7-8-9-10-11-12-13-14-15-16-19-29-77-84(72,73-3)78-34-32-74-31-33-76-83(70,71)80-41-42(40-79-82(68,69)75-30-28-61(53(65)38-57)39-52(64)58-2)20-17-18-27-59-56(85)60-43-21-24-46(49(35-43)55(66)67)54-47-25-22-44(62)36-50(47)81-51-37-45(63)23-26-48(51)54/h21-26,35-37,42,62H,4-20,27-34,38-41,57H2,1-3H3,(H,58,64)(H,66,67)(H,68,69)(H,70,71)(H2,59,60,85). The highest BCUT2D eigenvalue weighted by Gasteiger charge is 2.29. The molecule has 0 aromatic heterocycles. The number of fused-ring (bicyclic) bond motifs is 2. The quantitative estimate of drug-likeness (QED) is 0.00711. The lowest BCUT2D eigenvalue weighted by Gasteiger charge is -2.23. The molecule has 474 valence electrons. The van der Waals surface area contributed by atoms with E-state index in [0.29, 0.717) is 47.0 Å². The number of hydrogen-bond donors (Lipinski definition) is 7. The Hall–Kier alpha value is -4.62. The van der Waals surface area contributed by atoms with Crippen LogP contribution in [0.1, 0.15) is 126 Å². The number of anilines is 1. The van der Waals surface area contributed by atoms with Gasteiger partial charge in [0, 0.05) is 67.5 Å². The number of carbonyl (C=O) groups excluding carboxylic acids is 2. The lowest BCUT2D eigenvalue weighted by molar-refractivity contribution is -0.134. The van der Waals surface area contributed by atoms with Crippen LogP contribution in [0.4, 0.5) is 5.69 Å². The molecule has 0 saturated heterocycles. The number of amides is 2. The Labute approximate surface area is 504 Å². The number of rotatable bonds is 46. The summed E-state index contributed by atoms with van der Waals surface area (Å²) in [5.41, 5.74) is 1.43. The monoisotopic (exact) mass is 1270 g/mol. The Morgan fingerprint density at radius 3 is 1.93 bits per heavy atom. The number of phenols is 1. The van der Waals surface area contributed by atoms with Crippen LogP contribution in [0, 0.1) is 5.92 Å². The first-order valence-corrected chi connectivity index (χ1v) is 33.9. The minimum absolute atomic E-state index is 0.0734. The van der Waals surface area contributed by atoms with E-state index in [1.807, 2.05) is 0 Å². The number of aromatic carboxylic acids is 1. The second-order valence-corrected chi connectivity index (χ2v) is 25.3. The first-order valence-electron chi connectivity index (χ1n) is 29.1. The van der Waals surface area contributed by atoms with Crippen molar-refractivity contribution >= 4 is 83.1 Å². The van der Waals surface area contributed by atoms with E-state index in [1.54, 1.807) is 32.1 Å². The Morgan fingerprint density at radius 1 is 0.718 bits per heavy atom. The molecular formula is C56H86BN4O20P3S. The van der Waals surface area contributed by atoms with Crippen LogP contribution in [0.25, 0.3) is 33.4 Å². The van der Waals surface area contributed by atoms with Crippen molar-refractivity contribution in [3.05, 3.63) is 70.4 Å². The van der Waals surface area contributed by atoms with E-state index >= 15 is 0 Å². The number of carboxylic acids is 1. The number of carboxylic acid groups (broad SMARTS) is 1. The van der Waals surface area contributed by atoms with Gasteiger partial charge in [0.25, 0.3) is 0 Å². The summed E-state index contributed by atoms with van der Waals surface area (Å²) in [5.74, 6) is -2.75. The summed E-state index contributed by atoms with van der Waals surface area (Å²) < 4.78 is 86.7. The van der Waals surface area contributed by atoms with Crippen molar-refractivity contribution in [2.75, 3.05) is 92.0 Å². The Kier molecular flexibility index (Phi) is 33.7. The molecule has 1 heterocycles. The minimum atomic E-state index is -4.77. The van der Waals surface area contributed by atoms with Crippen molar-refractivity contribution in [2.24, 2.45) is 5.92 Å². The van der Waals surface area contributed by atoms with Gasteiger partial charge in [-0.3, -0.25) is 46.0 Å². The molecule has 2 aromatic carbocycles. The summed E-state index contributed by atoms with van der Waals surface area (Å²) in [6.45, 7) is 0.0215. The molecule has 4 unspecified atom stereocenters. The average molecular weight is 1270 g/mol. The van der Waals surface area contributed by atoms with E-state index in [0.717, 1.165) is 24.2 Å². The number of likely N-dealkylation sites (N-methyl/N-ethyl adjacent to an activating group) is 1. The summed E-state index contributed by atoms with van der Waals surface area (Å²) in [4.78, 5) is 71.6. The third-order valence-corrected chi connectivity index (χ3v) is 17.2. The highest BCUT2D eigenvalue weighted by molar-refractivity contribution is 7.80. The van der Waals surface area contributed by atoms with Gasteiger partial charge in [-0.25, -0.2) is 18.5 Å². The van der Waals surface area contributed by atoms with Crippen molar-refractivity contribution in [2.45, 2.75) is 122 Å². The van der Waals surface area contributed by atoms with Crippen LogP contribution in [-0.4, -0.2) is 142 Å². The first kappa shape index (κ1) is 72.9. The highest BCUT2D eigenvalue weighted by Crippen LogP contribution is 2.49. The molecule has 2 aliphatic rings. The summed E-state index contributed by atoms with van der Waals surface area (Å²) in [5, 5.41) is 29.6. The summed E-state index contributed by atoms with van der Waals surface area (Å²) in [6.07, 6.45) is 18.0. The number of ether oxygens (including phenoxy) is 1. The number of unbranched alkanes of at least 4 members (excludes halogenated alkanes) is 14. The maximum absolute atomic E-state index is 13.0. The fourth-order valence-electron chi connectivity index (χ4n) is 8.96. The van der Waals surface area contributed by atoms with Crippen LogP contribution in [-0.2, 0) is 59.7 Å². The van der Waals surface area contributed by atoms with Crippen molar-refractivity contribution in [1.29, 1.82) is 0 Å². The number of aromatic hydroxyl groups is 1. The molecule has 0 bridgehead atoms. The van der Waals surface area contributed by atoms with E-state index in [1.165, 1.54) is 109 Å². The number of thiocarbonyl (C=S) groups is 1. The van der Waals surface area contributed by atoms with Crippen LogP contribution in [0.2, 0.25) is 6.32 Å². The molecule has 7 N–H and O–H groups in total. The number of phenolic OH excluding ortho intramolecular Hbond substituents is 1. The van der Waals surface area contributed by atoms with Gasteiger partial charge >= 0.3 is 29.4 Å². The van der Waals surface area contributed by atoms with E-state index in [2.05, 4.69) is 22.9 Å². The predicted octanol–water partition coefficient (Wildman–Crippen LogP) is 10.2. The van der Waals surface area contributed by atoms with Crippen molar-refractivity contribution in [3.8, 4) is 28.2 Å². The van der Waals surface area contributed by atoms with Gasteiger partial charge in [0.1, 0.15) is 24.9 Å². The molecule has 4 atom stereocenters. The molecule has 4 rings (SSSR count). The molecule has 29 heteroatoms. The van der Waals surface area contributed by atoms with Crippen molar-refractivity contribution in [3.63, 3.8) is 0 Å². The normalized spacial score (nSPS) is 14.1. The molecule has 0 spiro atoms. The zero-order valence-electron chi connectivity index (χ0n) is 49.3. The van der Waals surface area contributed by atoms with Crippen molar-refractivity contribution in [1.82, 2.24) is 15.5 Å². The largest absolute Gasteiger partial charge is 0.508 e. The Morgan fingerprint density at radius 2 is 1.32 bits per heavy atom.